The number of benzene rings is 2. The highest BCUT2D eigenvalue weighted by Crippen LogP contribution is 2.25. The summed E-state index contributed by atoms with van der Waals surface area (Å²) in [5.74, 6) is -0.410. The van der Waals surface area contributed by atoms with Gasteiger partial charge in [-0.25, -0.2) is 0 Å². The number of nitrogens with one attached hydrogen (secondary N) is 1. The molecule has 0 saturated heterocycles. The van der Waals surface area contributed by atoms with Crippen LogP contribution in [0.25, 0.3) is 11.8 Å². The first-order valence-corrected chi connectivity index (χ1v) is 9.30. The average Bonchev–Trinajstić information content (AvgIpc) is 2.99. The zero-order valence-electron chi connectivity index (χ0n) is 16.4. The van der Waals surface area contributed by atoms with E-state index in [1.54, 1.807) is 18.2 Å². The molecule has 1 amide bonds. The van der Waals surface area contributed by atoms with Gasteiger partial charge in [0.25, 0.3) is 5.91 Å². The van der Waals surface area contributed by atoms with Gasteiger partial charge in [0.15, 0.2) is 0 Å². The van der Waals surface area contributed by atoms with Crippen molar-refractivity contribution in [2.45, 2.75) is 27.2 Å². The van der Waals surface area contributed by atoms with Crippen molar-refractivity contribution < 1.29 is 4.79 Å². The maximum atomic E-state index is 12.5. The minimum atomic E-state index is -0.410. The topological polar surface area (TPSA) is 57.8 Å². The molecule has 1 N–H and O–H groups in total. The Bertz CT molecular complexity index is 1070. The quantitative estimate of drug-likeness (QED) is 0.496. The van der Waals surface area contributed by atoms with E-state index in [2.05, 4.69) is 28.9 Å². The van der Waals surface area contributed by atoms with Gasteiger partial charge in [-0.1, -0.05) is 43.3 Å². The maximum absolute atomic E-state index is 12.5. The number of aromatic nitrogens is 1. The minimum absolute atomic E-state index is 0.0767. The van der Waals surface area contributed by atoms with Crippen molar-refractivity contribution >= 4 is 17.7 Å². The average molecular weight is 369 g/mol. The molecule has 0 saturated carbocycles. The molecule has 4 heteroatoms. The fourth-order valence-electron chi connectivity index (χ4n) is 3.36. The molecule has 0 atom stereocenters. The normalized spacial score (nSPS) is 11.1. The third kappa shape index (κ3) is 3.89. The summed E-state index contributed by atoms with van der Waals surface area (Å²) in [6, 6.07) is 21.5. The Morgan fingerprint density at radius 3 is 2.46 bits per heavy atom. The van der Waals surface area contributed by atoms with Crippen LogP contribution >= 0.6 is 0 Å². The second kappa shape index (κ2) is 8.41. The molecule has 0 aliphatic carbocycles. The number of carbonyl (C=O) groups excluding carboxylic acids is 1. The lowest BCUT2D eigenvalue weighted by molar-refractivity contribution is -0.112. The molecule has 0 spiro atoms. The summed E-state index contributed by atoms with van der Waals surface area (Å²) in [6.45, 7) is 6.18. The minimum Gasteiger partial charge on any atom is -0.321 e. The number of aryl methyl sites for hydroxylation is 2. The third-order valence-electron chi connectivity index (χ3n) is 4.78. The van der Waals surface area contributed by atoms with Crippen LogP contribution in [0.5, 0.6) is 0 Å². The van der Waals surface area contributed by atoms with Gasteiger partial charge < -0.3 is 9.88 Å². The van der Waals surface area contributed by atoms with Crippen LogP contribution in [-0.2, 0) is 11.2 Å². The Morgan fingerprint density at radius 1 is 1.11 bits per heavy atom. The first-order valence-electron chi connectivity index (χ1n) is 9.30. The van der Waals surface area contributed by atoms with Crippen LogP contribution in [0.15, 0.2) is 66.2 Å². The van der Waals surface area contributed by atoms with E-state index < -0.39 is 5.91 Å². The lowest BCUT2D eigenvalue weighted by Gasteiger charge is -2.14. The van der Waals surface area contributed by atoms with Crippen molar-refractivity contribution in [2.75, 3.05) is 5.32 Å². The number of nitrogens with zero attached hydrogens (tertiary/aromatic N) is 2. The van der Waals surface area contributed by atoms with Gasteiger partial charge in [0.1, 0.15) is 11.6 Å². The third-order valence-corrected chi connectivity index (χ3v) is 4.78. The Balaban J connectivity index is 1.97. The fraction of sp³-hybridized carbons (Fsp3) is 0.167. The molecule has 28 heavy (non-hydrogen) atoms. The van der Waals surface area contributed by atoms with Crippen LogP contribution in [0.3, 0.4) is 0 Å². The van der Waals surface area contributed by atoms with E-state index in [1.165, 1.54) is 5.56 Å². The van der Waals surface area contributed by atoms with E-state index in [9.17, 15) is 10.1 Å². The summed E-state index contributed by atoms with van der Waals surface area (Å²) in [5.41, 5.74) is 6.05. The molecule has 1 aromatic heterocycles. The standard InChI is InChI=1S/C24H23N3O/c1-4-19-10-8-9-13-23(19)27-17(2)14-20(18(27)3)15-21(16-25)24(28)26-22-11-6-5-7-12-22/h5-15H,4H2,1-3H3,(H,26,28)/b21-15-. The van der Waals surface area contributed by atoms with Crippen molar-refractivity contribution in [3.05, 3.63) is 88.8 Å². The van der Waals surface area contributed by atoms with Gasteiger partial charge in [-0.05, 0) is 61.7 Å². The van der Waals surface area contributed by atoms with E-state index in [0.717, 1.165) is 29.1 Å². The zero-order valence-corrected chi connectivity index (χ0v) is 16.4. The fourth-order valence-corrected chi connectivity index (χ4v) is 3.36. The SMILES string of the molecule is CCc1ccccc1-n1c(C)cc(/C=C(/C#N)C(=O)Nc2ccccc2)c1C. The summed E-state index contributed by atoms with van der Waals surface area (Å²) < 4.78 is 2.18. The van der Waals surface area contributed by atoms with E-state index >= 15 is 0 Å². The molecule has 3 aromatic rings. The molecule has 0 unspecified atom stereocenters. The van der Waals surface area contributed by atoms with E-state index in [-0.39, 0.29) is 5.57 Å². The summed E-state index contributed by atoms with van der Waals surface area (Å²) in [4.78, 5) is 12.5. The highest BCUT2D eigenvalue weighted by atomic mass is 16.1. The van der Waals surface area contributed by atoms with Crippen molar-refractivity contribution in [2.24, 2.45) is 0 Å². The largest absolute Gasteiger partial charge is 0.321 e. The van der Waals surface area contributed by atoms with Crippen LogP contribution in [0.2, 0.25) is 0 Å². The van der Waals surface area contributed by atoms with Crippen LogP contribution in [0.1, 0.15) is 29.4 Å². The molecule has 0 fully saturated rings. The van der Waals surface area contributed by atoms with E-state index in [4.69, 9.17) is 0 Å². The molecule has 0 bridgehead atoms. The van der Waals surface area contributed by atoms with Crippen molar-refractivity contribution in [1.82, 2.24) is 4.57 Å². The van der Waals surface area contributed by atoms with Crippen molar-refractivity contribution in [3.63, 3.8) is 0 Å². The van der Waals surface area contributed by atoms with Gasteiger partial charge in [0, 0.05) is 22.8 Å². The van der Waals surface area contributed by atoms with Crippen LogP contribution in [0.4, 0.5) is 5.69 Å². The Kier molecular flexibility index (Phi) is 5.76. The monoisotopic (exact) mass is 369 g/mol. The second-order valence-electron chi connectivity index (χ2n) is 6.63. The number of para-hydroxylation sites is 2. The van der Waals surface area contributed by atoms with Gasteiger partial charge in [0.2, 0.25) is 0 Å². The van der Waals surface area contributed by atoms with Crippen LogP contribution < -0.4 is 5.32 Å². The van der Waals surface area contributed by atoms with Crippen LogP contribution in [-0.4, -0.2) is 10.5 Å². The molecule has 140 valence electrons. The van der Waals surface area contributed by atoms with Gasteiger partial charge in [-0.3, -0.25) is 4.79 Å². The molecule has 0 radical (unpaired) electrons. The highest BCUT2D eigenvalue weighted by Gasteiger charge is 2.15. The summed E-state index contributed by atoms with van der Waals surface area (Å²) in [7, 11) is 0. The van der Waals surface area contributed by atoms with E-state index in [1.807, 2.05) is 56.3 Å². The van der Waals surface area contributed by atoms with Crippen LogP contribution in [0, 0.1) is 25.2 Å². The summed E-state index contributed by atoms with van der Waals surface area (Å²) in [5, 5.41) is 12.3. The Morgan fingerprint density at radius 2 is 1.79 bits per heavy atom. The number of amides is 1. The first kappa shape index (κ1) is 19.2. The molecule has 0 aliphatic heterocycles. The zero-order chi connectivity index (χ0) is 20.1. The number of hydrogen-bond acceptors (Lipinski definition) is 2. The molecular weight excluding hydrogens is 346 g/mol. The molecule has 3 rings (SSSR count). The van der Waals surface area contributed by atoms with Gasteiger partial charge in [-0.15, -0.1) is 0 Å². The molecular formula is C24H23N3O. The lowest BCUT2D eigenvalue weighted by Crippen LogP contribution is -2.13. The Labute approximate surface area is 165 Å². The van der Waals surface area contributed by atoms with Gasteiger partial charge in [-0.2, -0.15) is 5.26 Å². The molecule has 1 heterocycles. The van der Waals surface area contributed by atoms with Crippen molar-refractivity contribution in [3.8, 4) is 11.8 Å². The Hall–Kier alpha value is -3.58. The maximum Gasteiger partial charge on any atom is 0.266 e. The summed E-state index contributed by atoms with van der Waals surface area (Å²) >= 11 is 0. The molecule has 4 nitrogen and oxygen atoms in total. The predicted molar refractivity (Wildman–Crippen MR) is 113 cm³/mol. The number of carbonyl (C=O) groups is 1. The first-order chi connectivity index (χ1) is 13.5. The number of rotatable bonds is 5. The lowest BCUT2D eigenvalue weighted by atomic mass is 10.1. The van der Waals surface area contributed by atoms with Gasteiger partial charge in [0.05, 0.1) is 0 Å². The predicted octanol–water partition coefficient (Wildman–Crippen LogP) is 5.20. The van der Waals surface area contributed by atoms with Crippen molar-refractivity contribution in [1.29, 1.82) is 5.26 Å². The number of hydrogen-bond donors (Lipinski definition) is 1. The molecule has 2 aromatic carbocycles. The number of nitriles is 1. The second-order valence-corrected chi connectivity index (χ2v) is 6.63. The smallest absolute Gasteiger partial charge is 0.266 e. The van der Waals surface area contributed by atoms with E-state index in [0.29, 0.717) is 5.69 Å². The highest BCUT2D eigenvalue weighted by molar-refractivity contribution is 6.09. The number of anilines is 1. The van der Waals surface area contributed by atoms with Gasteiger partial charge >= 0.3 is 0 Å². The summed E-state index contributed by atoms with van der Waals surface area (Å²) in [6.07, 6.45) is 2.59. The molecule has 0 aliphatic rings.